The Hall–Kier alpha value is 0. The molecule has 58 valence electrons. The molecule has 0 N–H and O–H groups in total. The lowest BCUT2D eigenvalue weighted by atomic mass is 9.92. The third kappa shape index (κ3) is 0.980. The number of hydrogen-bond acceptors (Lipinski definition) is 0. The van der Waals surface area contributed by atoms with Crippen LogP contribution in [-0.2, 0) is 0 Å². The average Bonchev–Trinajstić information content (AvgIpc) is 2.42. The SMILES string of the molecule is CC1CCCC1C1CC1C. The van der Waals surface area contributed by atoms with Crippen LogP contribution in [0.5, 0.6) is 0 Å². The van der Waals surface area contributed by atoms with Gasteiger partial charge in [0.2, 0.25) is 0 Å². The van der Waals surface area contributed by atoms with Gasteiger partial charge in [0.05, 0.1) is 0 Å². The Morgan fingerprint density at radius 3 is 2.00 bits per heavy atom. The van der Waals surface area contributed by atoms with Gasteiger partial charge in [-0.25, -0.2) is 0 Å². The summed E-state index contributed by atoms with van der Waals surface area (Å²) in [4.78, 5) is 0. The van der Waals surface area contributed by atoms with Crippen molar-refractivity contribution in [2.24, 2.45) is 23.7 Å². The molecular weight excluding hydrogens is 120 g/mol. The maximum Gasteiger partial charge on any atom is -0.0355 e. The van der Waals surface area contributed by atoms with Gasteiger partial charge >= 0.3 is 0 Å². The largest absolute Gasteiger partial charge is 0.0622 e. The summed E-state index contributed by atoms with van der Waals surface area (Å²) in [5.41, 5.74) is 0. The Labute approximate surface area is 64.0 Å². The molecule has 4 atom stereocenters. The predicted octanol–water partition coefficient (Wildman–Crippen LogP) is 3.08. The van der Waals surface area contributed by atoms with Gasteiger partial charge in [-0.1, -0.05) is 26.7 Å². The molecule has 0 aromatic heterocycles. The summed E-state index contributed by atoms with van der Waals surface area (Å²) in [6.45, 7) is 4.86. The standard InChI is InChI=1S/C10H18/c1-7-4-3-5-9(7)10-6-8(10)2/h7-10H,3-6H2,1-2H3. The van der Waals surface area contributed by atoms with E-state index >= 15 is 0 Å². The molecule has 0 heteroatoms. The first kappa shape index (κ1) is 6.69. The van der Waals surface area contributed by atoms with E-state index in [1.807, 2.05) is 0 Å². The normalized spacial score (nSPS) is 53.4. The lowest BCUT2D eigenvalue weighted by Crippen LogP contribution is -2.06. The molecule has 0 radical (unpaired) electrons. The summed E-state index contributed by atoms with van der Waals surface area (Å²) < 4.78 is 0. The Kier molecular flexibility index (Phi) is 1.51. The van der Waals surface area contributed by atoms with Crippen molar-refractivity contribution in [2.75, 3.05) is 0 Å². The van der Waals surface area contributed by atoms with Crippen molar-refractivity contribution in [1.29, 1.82) is 0 Å². The topological polar surface area (TPSA) is 0 Å². The van der Waals surface area contributed by atoms with E-state index in [2.05, 4.69) is 13.8 Å². The molecule has 0 spiro atoms. The van der Waals surface area contributed by atoms with Crippen molar-refractivity contribution < 1.29 is 0 Å². The highest BCUT2D eigenvalue weighted by Crippen LogP contribution is 2.51. The minimum absolute atomic E-state index is 1.05. The third-order valence-corrected chi connectivity index (χ3v) is 3.65. The van der Waals surface area contributed by atoms with Crippen LogP contribution in [0.3, 0.4) is 0 Å². The monoisotopic (exact) mass is 138 g/mol. The van der Waals surface area contributed by atoms with Gasteiger partial charge in [0.1, 0.15) is 0 Å². The Morgan fingerprint density at radius 1 is 0.900 bits per heavy atom. The van der Waals surface area contributed by atoms with E-state index in [0.717, 1.165) is 23.7 Å². The average molecular weight is 138 g/mol. The highest BCUT2D eigenvalue weighted by molar-refractivity contribution is 4.92. The van der Waals surface area contributed by atoms with Gasteiger partial charge in [-0.3, -0.25) is 0 Å². The zero-order chi connectivity index (χ0) is 7.14. The molecule has 2 fully saturated rings. The minimum Gasteiger partial charge on any atom is -0.0622 e. The highest BCUT2D eigenvalue weighted by atomic mass is 14.5. The fraction of sp³-hybridized carbons (Fsp3) is 1.00. The van der Waals surface area contributed by atoms with Crippen LogP contribution in [0, 0.1) is 23.7 Å². The third-order valence-electron chi connectivity index (χ3n) is 3.65. The molecule has 2 aliphatic rings. The van der Waals surface area contributed by atoms with Gasteiger partial charge in [-0.15, -0.1) is 0 Å². The quantitative estimate of drug-likeness (QED) is 0.522. The molecule has 2 aliphatic carbocycles. The van der Waals surface area contributed by atoms with Crippen molar-refractivity contribution in [3.63, 3.8) is 0 Å². The van der Waals surface area contributed by atoms with Crippen LogP contribution in [0.2, 0.25) is 0 Å². The van der Waals surface area contributed by atoms with Gasteiger partial charge in [0, 0.05) is 0 Å². The molecule has 2 saturated carbocycles. The van der Waals surface area contributed by atoms with Crippen LogP contribution in [-0.4, -0.2) is 0 Å². The smallest absolute Gasteiger partial charge is 0.0355 e. The summed E-state index contributed by atoms with van der Waals surface area (Å²) >= 11 is 0. The second-order valence-electron chi connectivity index (χ2n) is 4.45. The van der Waals surface area contributed by atoms with Crippen molar-refractivity contribution >= 4 is 0 Å². The fourth-order valence-electron chi connectivity index (χ4n) is 2.76. The maximum atomic E-state index is 2.45. The molecule has 0 bridgehead atoms. The lowest BCUT2D eigenvalue weighted by Gasteiger charge is -2.13. The molecule has 0 saturated heterocycles. The zero-order valence-electron chi connectivity index (χ0n) is 7.14. The summed E-state index contributed by atoms with van der Waals surface area (Å²) in [5, 5.41) is 0. The van der Waals surface area contributed by atoms with E-state index in [0.29, 0.717) is 0 Å². The molecule has 0 nitrogen and oxygen atoms in total. The lowest BCUT2D eigenvalue weighted by molar-refractivity contribution is 0.357. The van der Waals surface area contributed by atoms with Crippen LogP contribution in [0.15, 0.2) is 0 Å². The second-order valence-corrected chi connectivity index (χ2v) is 4.45. The van der Waals surface area contributed by atoms with E-state index in [4.69, 9.17) is 0 Å². The molecule has 0 amide bonds. The van der Waals surface area contributed by atoms with Crippen molar-refractivity contribution in [3.05, 3.63) is 0 Å². The van der Waals surface area contributed by atoms with E-state index < -0.39 is 0 Å². The van der Waals surface area contributed by atoms with Gasteiger partial charge in [-0.2, -0.15) is 0 Å². The Morgan fingerprint density at radius 2 is 1.60 bits per heavy atom. The van der Waals surface area contributed by atoms with E-state index in [1.54, 1.807) is 0 Å². The number of rotatable bonds is 1. The van der Waals surface area contributed by atoms with E-state index in [-0.39, 0.29) is 0 Å². The molecule has 0 heterocycles. The van der Waals surface area contributed by atoms with Crippen molar-refractivity contribution in [3.8, 4) is 0 Å². The Bertz CT molecular complexity index is 128. The van der Waals surface area contributed by atoms with E-state index in [1.165, 1.54) is 25.7 Å². The molecule has 4 unspecified atom stereocenters. The first-order valence-corrected chi connectivity index (χ1v) is 4.79. The van der Waals surface area contributed by atoms with Gasteiger partial charge in [-0.05, 0) is 36.5 Å². The molecule has 0 aromatic carbocycles. The molecular formula is C10H18. The van der Waals surface area contributed by atoms with Crippen LogP contribution in [0.1, 0.15) is 39.5 Å². The molecule has 0 aromatic rings. The highest BCUT2D eigenvalue weighted by Gasteiger charge is 2.42. The van der Waals surface area contributed by atoms with Gasteiger partial charge in [0.25, 0.3) is 0 Å². The van der Waals surface area contributed by atoms with Crippen molar-refractivity contribution in [2.45, 2.75) is 39.5 Å². The molecule has 2 rings (SSSR count). The van der Waals surface area contributed by atoms with Crippen LogP contribution >= 0.6 is 0 Å². The minimum atomic E-state index is 1.05. The van der Waals surface area contributed by atoms with E-state index in [9.17, 15) is 0 Å². The van der Waals surface area contributed by atoms with Crippen molar-refractivity contribution in [1.82, 2.24) is 0 Å². The van der Waals surface area contributed by atoms with Gasteiger partial charge in [0.15, 0.2) is 0 Å². The number of hydrogen-bond donors (Lipinski definition) is 0. The second kappa shape index (κ2) is 2.25. The predicted molar refractivity (Wildman–Crippen MR) is 43.8 cm³/mol. The summed E-state index contributed by atoms with van der Waals surface area (Å²) in [6, 6.07) is 0. The first-order chi connectivity index (χ1) is 4.79. The van der Waals surface area contributed by atoms with Crippen LogP contribution in [0.25, 0.3) is 0 Å². The maximum absolute atomic E-state index is 2.45. The summed E-state index contributed by atoms with van der Waals surface area (Å²) in [6.07, 6.45) is 6.09. The summed E-state index contributed by atoms with van der Waals surface area (Å²) in [7, 11) is 0. The van der Waals surface area contributed by atoms with Crippen LogP contribution < -0.4 is 0 Å². The molecule has 0 aliphatic heterocycles. The summed E-state index contributed by atoms with van der Waals surface area (Å²) in [5.74, 6) is 4.38. The Balaban J connectivity index is 1.92. The first-order valence-electron chi connectivity index (χ1n) is 4.79. The fourth-order valence-corrected chi connectivity index (χ4v) is 2.76. The van der Waals surface area contributed by atoms with Gasteiger partial charge < -0.3 is 0 Å². The van der Waals surface area contributed by atoms with Crippen LogP contribution in [0.4, 0.5) is 0 Å². The zero-order valence-corrected chi connectivity index (χ0v) is 7.14. The molecule has 10 heavy (non-hydrogen) atoms.